The molecule has 0 saturated heterocycles. The van der Waals surface area contributed by atoms with Crippen LogP contribution in [0, 0.1) is 0 Å². The van der Waals surface area contributed by atoms with Gasteiger partial charge in [0.2, 0.25) is 6.79 Å². The molecule has 1 heterocycles. The highest BCUT2D eigenvalue weighted by Gasteiger charge is 2.40. The first-order valence-corrected chi connectivity index (χ1v) is 6.49. The Balaban J connectivity index is 2.22. The molecule has 1 aromatic rings. The molecule has 0 amide bonds. The second-order valence-electron chi connectivity index (χ2n) is 4.86. The fourth-order valence-electron chi connectivity index (χ4n) is 2.90. The van der Waals surface area contributed by atoms with E-state index < -0.39 is 5.54 Å². The molecule has 2 N–H and O–H groups in total. The van der Waals surface area contributed by atoms with Crippen molar-refractivity contribution in [3.05, 3.63) is 16.7 Å². The van der Waals surface area contributed by atoms with Crippen LogP contribution in [-0.4, -0.2) is 13.9 Å². The van der Waals surface area contributed by atoms with E-state index in [2.05, 4.69) is 0 Å². The Morgan fingerprint density at radius 1 is 1.33 bits per heavy atom. The maximum atomic E-state index is 6.52. The van der Waals surface area contributed by atoms with Crippen molar-refractivity contribution >= 4 is 11.6 Å². The lowest BCUT2D eigenvalue weighted by atomic mass is 9.87. The molecule has 1 aromatic carbocycles. The largest absolute Gasteiger partial charge is 0.495 e. The van der Waals surface area contributed by atoms with Crippen LogP contribution in [0.3, 0.4) is 0 Å². The highest BCUT2D eigenvalue weighted by Crippen LogP contribution is 2.52. The molecule has 1 saturated carbocycles. The number of benzene rings is 1. The summed E-state index contributed by atoms with van der Waals surface area (Å²) in [5.74, 6) is 1.97. The first kappa shape index (κ1) is 11.9. The monoisotopic (exact) mass is 269 g/mol. The molecule has 0 spiro atoms. The van der Waals surface area contributed by atoms with Crippen LogP contribution in [0.5, 0.6) is 17.2 Å². The third-order valence-corrected chi connectivity index (χ3v) is 4.05. The molecule has 1 fully saturated rings. The summed E-state index contributed by atoms with van der Waals surface area (Å²) in [5, 5.41) is 0.522. The van der Waals surface area contributed by atoms with Gasteiger partial charge in [0, 0.05) is 11.6 Å². The van der Waals surface area contributed by atoms with Crippen molar-refractivity contribution in [3.63, 3.8) is 0 Å². The van der Waals surface area contributed by atoms with Crippen molar-refractivity contribution in [2.24, 2.45) is 5.73 Å². The summed E-state index contributed by atoms with van der Waals surface area (Å²) < 4.78 is 16.4. The minimum absolute atomic E-state index is 0.210. The molecule has 1 aliphatic carbocycles. The molecule has 18 heavy (non-hydrogen) atoms. The van der Waals surface area contributed by atoms with E-state index in [0.29, 0.717) is 22.3 Å². The molecule has 4 nitrogen and oxygen atoms in total. The summed E-state index contributed by atoms with van der Waals surface area (Å²) in [6.07, 6.45) is 4.06. The zero-order valence-corrected chi connectivity index (χ0v) is 11.0. The van der Waals surface area contributed by atoms with Crippen molar-refractivity contribution in [1.29, 1.82) is 0 Å². The second kappa shape index (κ2) is 4.21. The number of fused-ring (bicyclic) bond motifs is 1. The van der Waals surface area contributed by atoms with Gasteiger partial charge in [0.1, 0.15) is 5.75 Å². The average Bonchev–Trinajstić information content (AvgIpc) is 2.96. The molecular formula is C13H16ClNO3. The quantitative estimate of drug-likeness (QED) is 0.897. The number of hydrogen-bond donors (Lipinski definition) is 1. The van der Waals surface area contributed by atoms with E-state index in [0.717, 1.165) is 31.2 Å². The van der Waals surface area contributed by atoms with Crippen LogP contribution in [0.25, 0.3) is 0 Å². The number of ether oxygens (including phenoxy) is 3. The van der Waals surface area contributed by atoms with Crippen LogP contribution in [0.1, 0.15) is 31.2 Å². The molecule has 0 radical (unpaired) electrons. The van der Waals surface area contributed by atoms with Gasteiger partial charge in [-0.25, -0.2) is 0 Å². The smallest absolute Gasteiger partial charge is 0.231 e. The molecular weight excluding hydrogens is 254 g/mol. The van der Waals surface area contributed by atoms with Crippen LogP contribution in [0.15, 0.2) is 6.07 Å². The van der Waals surface area contributed by atoms with Crippen molar-refractivity contribution in [1.82, 2.24) is 0 Å². The molecule has 98 valence electrons. The number of rotatable bonds is 2. The topological polar surface area (TPSA) is 53.7 Å². The highest BCUT2D eigenvalue weighted by molar-refractivity contribution is 6.32. The summed E-state index contributed by atoms with van der Waals surface area (Å²) in [6, 6.07) is 1.73. The van der Waals surface area contributed by atoms with E-state index in [4.69, 9.17) is 31.5 Å². The predicted molar refractivity (Wildman–Crippen MR) is 68.5 cm³/mol. The summed E-state index contributed by atoms with van der Waals surface area (Å²) in [5.41, 5.74) is 6.97. The van der Waals surface area contributed by atoms with Gasteiger partial charge in [-0.2, -0.15) is 0 Å². The van der Waals surface area contributed by atoms with Gasteiger partial charge in [0.15, 0.2) is 11.5 Å². The fraction of sp³-hybridized carbons (Fsp3) is 0.538. The maximum Gasteiger partial charge on any atom is 0.231 e. The Labute approximate surface area is 111 Å². The Morgan fingerprint density at radius 2 is 2.06 bits per heavy atom. The van der Waals surface area contributed by atoms with Gasteiger partial charge in [0.25, 0.3) is 0 Å². The Morgan fingerprint density at radius 3 is 2.72 bits per heavy atom. The Hall–Kier alpha value is -1.13. The van der Waals surface area contributed by atoms with Crippen molar-refractivity contribution in [2.75, 3.05) is 13.9 Å². The van der Waals surface area contributed by atoms with Gasteiger partial charge < -0.3 is 19.9 Å². The maximum absolute atomic E-state index is 6.52. The van der Waals surface area contributed by atoms with Crippen molar-refractivity contribution in [3.8, 4) is 17.2 Å². The van der Waals surface area contributed by atoms with Gasteiger partial charge in [-0.05, 0) is 12.8 Å². The van der Waals surface area contributed by atoms with Crippen molar-refractivity contribution < 1.29 is 14.2 Å². The normalized spacial score (nSPS) is 20.2. The van der Waals surface area contributed by atoms with E-state index >= 15 is 0 Å². The number of nitrogens with two attached hydrogens (primary N) is 1. The molecule has 2 aliphatic rings. The Bertz CT molecular complexity index is 480. The summed E-state index contributed by atoms with van der Waals surface area (Å²) in [4.78, 5) is 0. The summed E-state index contributed by atoms with van der Waals surface area (Å²) >= 11 is 6.24. The van der Waals surface area contributed by atoms with E-state index in [-0.39, 0.29) is 6.79 Å². The van der Waals surface area contributed by atoms with Gasteiger partial charge in [0.05, 0.1) is 17.7 Å². The molecule has 1 aliphatic heterocycles. The third-order valence-electron chi connectivity index (χ3n) is 3.77. The van der Waals surface area contributed by atoms with Gasteiger partial charge in [-0.3, -0.25) is 0 Å². The molecule has 0 atom stereocenters. The molecule has 5 heteroatoms. The van der Waals surface area contributed by atoms with E-state index in [1.807, 2.05) is 0 Å². The van der Waals surface area contributed by atoms with E-state index in [9.17, 15) is 0 Å². The lowest BCUT2D eigenvalue weighted by Gasteiger charge is -2.27. The van der Waals surface area contributed by atoms with E-state index in [1.54, 1.807) is 13.2 Å². The highest BCUT2D eigenvalue weighted by atomic mass is 35.5. The van der Waals surface area contributed by atoms with Crippen LogP contribution >= 0.6 is 11.6 Å². The second-order valence-corrected chi connectivity index (χ2v) is 5.27. The third kappa shape index (κ3) is 1.63. The Kier molecular flexibility index (Phi) is 2.79. The van der Waals surface area contributed by atoms with E-state index in [1.165, 1.54) is 0 Å². The van der Waals surface area contributed by atoms with Crippen LogP contribution < -0.4 is 19.9 Å². The molecule has 0 unspecified atom stereocenters. The standard InChI is InChI=1S/C13H16ClNO3/c1-16-11-8(14)6-9-12(18-7-17-9)10(11)13(15)4-2-3-5-13/h6H,2-5,7,15H2,1H3. The number of hydrogen-bond acceptors (Lipinski definition) is 4. The minimum atomic E-state index is -0.423. The molecule has 0 bridgehead atoms. The first-order valence-electron chi connectivity index (χ1n) is 6.11. The van der Waals surface area contributed by atoms with Crippen LogP contribution in [0.2, 0.25) is 5.02 Å². The zero-order valence-electron chi connectivity index (χ0n) is 10.3. The average molecular weight is 270 g/mol. The van der Waals surface area contributed by atoms with Gasteiger partial charge in [-0.1, -0.05) is 24.4 Å². The molecule has 0 aromatic heterocycles. The fourth-order valence-corrected chi connectivity index (χ4v) is 3.17. The summed E-state index contributed by atoms with van der Waals surface area (Å²) in [6.45, 7) is 0.210. The minimum Gasteiger partial charge on any atom is -0.495 e. The van der Waals surface area contributed by atoms with Crippen LogP contribution in [0.4, 0.5) is 0 Å². The lowest BCUT2D eigenvalue weighted by molar-refractivity contribution is 0.171. The van der Waals surface area contributed by atoms with Crippen molar-refractivity contribution in [2.45, 2.75) is 31.2 Å². The zero-order chi connectivity index (χ0) is 12.8. The number of halogens is 1. The lowest BCUT2D eigenvalue weighted by Crippen LogP contribution is -2.34. The first-order chi connectivity index (χ1) is 8.65. The number of methoxy groups -OCH3 is 1. The SMILES string of the molecule is COc1c(Cl)cc2c(c1C1(N)CCCC1)OCO2. The van der Waals surface area contributed by atoms with Crippen LogP contribution in [-0.2, 0) is 5.54 Å². The van der Waals surface area contributed by atoms with Gasteiger partial charge in [-0.15, -0.1) is 0 Å². The van der Waals surface area contributed by atoms with Gasteiger partial charge >= 0.3 is 0 Å². The summed E-state index contributed by atoms with van der Waals surface area (Å²) in [7, 11) is 1.60. The molecule has 3 rings (SSSR count). The predicted octanol–water partition coefficient (Wildman–Crippen LogP) is 2.81.